The van der Waals surface area contributed by atoms with Crippen LogP contribution >= 0.6 is 17.3 Å². The summed E-state index contributed by atoms with van der Waals surface area (Å²) in [6.07, 6.45) is 0. The molecule has 2 atom stereocenters. The van der Waals surface area contributed by atoms with Crippen molar-refractivity contribution >= 4 is 17.3 Å². The molecule has 1 nitrogen and oxygen atoms in total. The first-order chi connectivity index (χ1) is 2.41. The van der Waals surface area contributed by atoms with E-state index in [0.717, 1.165) is 15.0 Å². The zero-order chi connectivity index (χ0) is 4.12. The Labute approximate surface area is 57.2 Å². The van der Waals surface area contributed by atoms with Crippen molar-refractivity contribution in [2.45, 2.75) is 0 Å². The molecule has 0 aliphatic carbocycles. The van der Waals surface area contributed by atoms with E-state index in [0.29, 0.717) is 0 Å². The second-order valence-electron chi connectivity index (χ2n) is 0.571. The number of rotatable bonds is 2. The standard InChI is InChI=1S/C2H8NP2.W/c1-2-3-5-4;/h3,5H,1-2,4H2;/q-1;. The van der Waals surface area contributed by atoms with E-state index in [1.54, 1.807) is 0 Å². The molecule has 38 valence electrons. The molecule has 0 bridgehead atoms. The molecule has 0 aromatic rings. The van der Waals surface area contributed by atoms with Crippen molar-refractivity contribution in [3.8, 4) is 0 Å². The first-order valence-electron chi connectivity index (χ1n) is 1.39. The van der Waals surface area contributed by atoms with Gasteiger partial charge in [0.25, 0.3) is 0 Å². The van der Waals surface area contributed by atoms with Crippen LogP contribution in [-0.2, 0) is 21.1 Å². The van der Waals surface area contributed by atoms with E-state index in [1.165, 1.54) is 0 Å². The van der Waals surface area contributed by atoms with Gasteiger partial charge in [0.1, 0.15) is 0 Å². The second-order valence-corrected chi connectivity index (χ2v) is 2.08. The van der Waals surface area contributed by atoms with Crippen molar-refractivity contribution in [2.75, 3.05) is 6.54 Å². The van der Waals surface area contributed by atoms with Gasteiger partial charge >= 0.3 is 0 Å². The summed E-state index contributed by atoms with van der Waals surface area (Å²) < 4.78 is 0. The van der Waals surface area contributed by atoms with Crippen molar-refractivity contribution in [3.05, 3.63) is 6.92 Å². The van der Waals surface area contributed by atoms with Crippen LogP contribution in [0.2, 0.25) is 0 Å². The molecule has 6 heavy (non-hydrogen) atoms. The molecule has 0 rings (SSSR count). The van der Waals surface area contributed by atoms with Crippen LogP contribution in [0.15, 0.2) is 0 Å². The second kappa shape index (κ2) is 9.72. The minimum absolute atomic E-state index is 0. The Morgan fingerprint density at radius 1 is 1.83 bits per heavy atom. The van der Waals surface area contributed by atoms with E-state index in [2.05, 4.69) is 20.9 Å². The van der Waals surface area contributed by atoms with Gasteiger partial charge in [-0.05, 0) is 8.42 Å². The van der Waals surface area contributed by atoms with Gasteiger partial charge in [0, 0.05) is 21.1 Å². The molecule has 0 aliphatic heterocycles. The van der Waals surface area contributed by atoms with Gasteiger partial charge in [0.2, 0.25) is 0 Å². The van der Waals surface area contributed by atoms with E-state index >= 15 is 0 Å². The van der Waals surface area contributed by atoms with Gasteiger partial charge in [-0.25, -0.2) is 0 Å². The monoisotopic (exact) mass is 292 g/mol. The van der Waals surface area contributed by atoms with Crippen LogP contribution in [0.4, 0.5) is 0 Å². The van der Waals surface area contributed by atoms with E-state index in [1.807, 2.05) is 0 Å². The Balaban J connectivity index is 0. The fraction of sp³-hybridized carbons (Fsp3) is 0.500. The minimum atomic E-state index is 0. The Morgan fingerprint density at radius 3 is 2.33 bits per heavy atom. The summed E-state index contributed by atoms with van der Waals surface area (Å²) in [5, 5.41) is 2.99. The molecule has 0 saturated carbocycles. The van der Waals surface area contributed by atoms with E-state index in [4.69, 9.17) is 0 Å². The minimum Gasteiger partial charge on any atom is -0.330 e. The molecular weight excluding hydrogens is 284 g/mol. The van der Waals surface area contributed by atoms with Gasteiger partial charge in [0.15, 0.2) is 0 Å². The van der Waals surface area contributed by atoms with Gasteiger partial charge in [0.05, 0.1) is 0 Å². The van der Waals surface area contributed by atoms with E-state index in [9.17, 15) is 0 Å². The first kappa shape index (κ1) is 10.5. The molecule has 0 saturated heterocycles. The quantitative estimate of drug-likeness (QED) is 0.586. The largest absolute Gasteiger partial charge is 0.330 e. The van der Waals surface area contributed by atoms with Gasteiger partial charge in [-0.3, -0.25) is 0 Å². The maximum atomic E-state index is 3.56. The fourth-order valence-corrected chi connectivity index (χ4v) is 0.650. The third kappa shape index (κ3) is 9.10. The Hall–Kier alpha value is 1.51. The summed E-state index contributed by atoms with van der Waals surface area (Å²) in [6, 6.07) is 0. The molecular formula is C2H8NP2W-. The van der Waals surface area contributed by atoms with Crippen LogP contribution in [0.25, 0.3) is 0 Å². The van der Waals surface area contributed by atoms with Gasteiger partial charge in [-0.2, -0.15) is 0 Å². The molecule has 0 fully saturated rings. The van der Waals surface area contributed by atoms with Crippen LogP contribution in [0.1, 0.15) is 0 Å². The molecule has 0 aromatic heterocycles. The summed E-state index contributed by atoms with van der Waals surface area (Å²) in [6.45, 7) is 4.39. The Morgan fingerprint density at radius 2 is 2.33 bits per heavy atom. The molecule has 0 radical (unpaired) electrons. The third-order valence-corrected chi connectivity index (χ3v) is 1.29. The predicted octanol–water partition coefficient (Wildman–Crippen LogP) is 0.791. The predicted molar refractivity (Wildman–Crippen MR) is 31.4 cm³/mol. The molecule has 0 amide bonds. The topological polar surface area (TPSA) is 12.0 Å². The first-order valence-corrected chi connectivity index (χ1v) is 4.20. The van der Waals surface area contributed by atoms with Gasteiger partial charge < -0.3 is 12.0 Å². The molecule has 4 heteroatoms. The van der Waals surface area contributed by atoms with Crippen molar-refractivity contribution in [3.63, 3.8) is 0 Å². The molecule has 0 aliphatic rings. The van der Waals surface area contributed by atoms with Crippen molar-refractivity contribution in [1.29, 1.82) is 0 Å². The molecule has 2 unspecified atom stereocenters. The zero-order valence-corrected chi connectivity index (χ0v) is 8.49. The maximum absolute atomic E-state index is 3.56. The molecule has 0 heterocycles. The van der Waals surface area contributed by atoms with Gasteiger partial charge in [-0.15, -0.1) is 6.54 Å². The van der Waals surface area contributed by atoms with Crippen LogP contribution in [-0.4, -0.2) is 6.54 Å². The number of hydrogen-bond acceptors (Lipinski definition) is 1. The summed E-state index contributed by atoms with van der Waals surface area (Å²) in [5.41, 5.74) is 0. The van der Waals surface area contributed by atoms with Crippen LogP contribution < -0.4 is 5.09 Å². The number of nitrogens with one attached hydrogen (secondary N) is 1. The van der Waals surface area contributed by atoms with Crippen LogP contribution in [0, 0.1) is 6.92 Å². The number of hydrogen-bond donors (Lipinski definition) is 1. The Bertz CT molecular complexity index is 19.0. The summed E-state index contributed by atoms with van der Waals surface area (Å²) in [7, 11) is 3.34. The van der Waals surface area contributed by atoms with Crippen molar-refractivity contribution in [2.24, 2.45) is 0 Å². The fourth-order valence-electron chi connectivity index (χ4n) is 0.0722. The smallest absolute Gasteiger partial charge is 0 e. The summed E-state index contributed by atoms with van der Waals surface area (Å²) >= 11 is 0. The third-order valence-electron chi connectivity index (χ3n) is 0.227. The average molecular weight is 292 g/mol. The summed E-state index contributed by atoms with van der Waals surface area (Å²) in [5.74, 6) is 0. The van der Waals surface area contributed by atoms with Gasteiger partial charge in [-0.1, -0.05) is 8.93 Å². The SMILES string of the molecule is [CH2-]CNPP.[W]. The Kier molecular flexibility index (Phi) is 17.0. The zero-order valence-electron chi connectivity index (χ0n) is 3.40. The van der Waals surface area contributed by atoms with Crippen molar-refractivity contribution < 1.29 is 21.1 Å². The van der Waals surface area contributed by atoms with E-state index in [-0.39, 0.29) is 21.1 Å². The van der Waals surface area contributed by atoms with Crippen molar-refractivity contribution in [1.82, 2.24) is 5.09 Å². The maximum Gasteiger partial charge on any atom is 0 e. The normalized spacial score (nSPS) is 9.00. The molecule has 1 N–H and O–H groups in total. The van der Waals surface area contributed by atoms with Crippen LogP contribution in [0.5, 0.6) is 0 Å². The van der Waals surface area contributed by atoms with Crippen LogP contribution in [0.3, 0.4) is 0 Å². The molecule has 0 aromatic carbocycles. The summed E-state index contributed by atoms with van der Waals surface area (Å²) in [4.78, 5) is 0. The van der Waals surface area contributed by atoms with E-state index < -0.39 is 0 Å². The average Bonchev–Trinajstić information content (AvgIpc) is 1.41. The molecule has 0 spiro atoms.